The number of nitrogens with zero attached hydrogens (tertiary/aromatic N) is 2. The van der Waals surface area contributed by atoms with Crippen LogP contribution in [0.25, 0.3) is 11.4 Å². The van der Waals surface area contributed by atoms with Gasteiger partial charge in [-0.3, -0.25) is 5.10 Å². The summed E-state index contributed by atoms with van der Waals surface area (Å²) in [6.45, 7) is 0.567. The average Bonchev–Trinajstić information content (AvgIpc) is 2.97. The quantitative estimate of drug-likeness (QED) is 0.620. The maximum atomic E-state index is 11.3. The third-order valence-corrected chi connectivity index (χ3v) is 2.47. The Kier molecular flexibility index (Phi) is 4.46. The van der Waals surface area contributed by atoms with Crippen molar-refractivity contribution in [3.8, 4) is 11.4 Å². The van der Waals surface area contributed by atoms with Crippen LogP contribution >= 0.6 is 0 Å². The molecule has 0 aliphatic heterocycles. The maximum Gasteiger partial charge on any atom is 0.315 e. The van der Waals surface area contributed by atoms with Crippen molar-refractivity contribution in [1.29, 1.82) is 0 Å². The Bertz CT molecular complexity index is 527. The normalized spacial score (nSPS) is 10.2. The molecule has 2 rings (SSSR count). The monoisotopic (exact) mass is 261 g/mol. The zero-order valence-corrected chi connectivity index (χ0v) is 10.3. The van der Waals surface area contributed by atoms with Gasteiger partial charge in [0.1, 0.15) is 6.33 Å². The van der Waals surface area contributed by atoms with Crippen molar-refractivity contribution in [3.63, 3.8) is 0 Å². The number of nitrogens with one attached hydrogen (secondary N) is 3. The number of aromatic amines is 1. The van der Waals surface area contributed by atoms with Gasteiger partial charge in [-0.15, -0.1) is 0 Å². The molecule has 0 aliphatic rings. The van der Waals surface area contributed by atoms with Gasteiger partial charge in [0.15, 0.2) is 5.82 Å². The fourth-order valence-corrected chi connectivity index (χ4v) is 1.59. The van der Waals surface area contributed by atoms with E-state index in [1.807, 2.05) is 24.3 Å². The largest absolute Gasteiger partial charge is 0.395 e. The molecule has 1 aromatic heterocycles. The second-order valence-electron chi connectivity index (χ2n) is 3.87. The molecule has 2 aromatic rings. The lowest BCUT2D eigenvalue weighted by Gasteiger charge is -2.07. The molecule has 7 nitrogen and oxygen atoms in total. The summed E-state index contributed by atoms with van der Waals surface area (Å²) >= 11 is 0. The number of carbonyl (C=O) groups is 1. The number of rotatable bonds is 5. The van der Waals surface area contributed by atoms with E-state index in [0.717, 1.165) is 11.1 Å². The van der Waals surface area contributed by atoms with Gasteiger partial charge in [-0.05, 0) is 11.6 Å². The van der Waals surface area contributed by atoms with Crippen LogP contribution in [0.3, 0.4) is 0 Å². The van der Waals surface area contributed by atoms with E-state index >= 15 is 0 Å². The zero-order valence-electron chi connectivity index (χ0n) is 10.3. The molecule has 0 fully saturated rings. The molecule has 19 heavy (non-hydrogen) atoms. The highest BCUT2D eigenvalue weighted by Gasteiger charge is 2.03. The van der Waals surface area contributed by atoms with E-state index in [1.165, 1.54) is 6.33 Å². The van der Waals surface area contributed by atoms with Crippen molar-refractivity contribution in [1.82, 2.24) is 25.8 Å². The first kappa shape index (κ1) is 13.0. The lowest BCUT2D eigenvalue weighted by Crippen LogP contribution is -2.36. The second-order valence-corrected chi connectivity index (χ2v) is 3.87. The first-order chi connectivity index (χ1) is 9.29. The standard InChI is InChI=1S/C12H15N5O2/c18-5-4-13-12(19)14-7-9-2-1-3-10(6-9)11-15-8-16-17-11/h1-3,6,8,18H,4-5,7H2,(H2,13,14,19)(H,15,16,17). The van der Waals surface area contributed by atoms with Gasteiger partial charge in [-0.1, -0.05) is 18.2 Å². The van der Waals surface area contributed by atoms with Gasteiger partial charge in [0.2, 0.25) is 0 Å². The Morgan fingerprint density at radius 1 is 1.37 bits per heavy atom. The van der Waals surface area contributed by atoms with Crippen molar-refractivity contribution in [2.24, 2.45) is 0 Å². The van der Waals surface area contributed by atoms with E-state index in [2.05, 4.69) is 25.8 Å². The lowest BCUT2D eigenvalue weighted by atomic mass is 10.1. The van der Waals surface area contributed by atoms with Crippen LogP contribution in [0.15, 0.2) is 30.6 Å². The van der Waals surface area contributed by atoms with Crippen LogP contribution in [0.5, 0.6) is 0 Å². The fraction of sp³-hybridized carbons (Fsp3) is 0.250. The molecule has 0 saturated heterocycles. The number of carbonyl (C=O) groups excluding carboxylic acids is 1. The third-order valence-electron chi connectivity index (χ3n) is 2.47. The molecule has 0 unspecified atom stereocenters. The van der Waals surface area contributed by atoms with Gasteiger partial charge in [0.25, 0.3) is 0 Å². The Morgan fingerprint density at radius 3 is 3.00 bits per heavy atom. The first-order valence-electron chi connectivity index (χ1n) is 5.87. The molecule has 0 saturated carbocycles. The summed E-state index contributed by atoms with van der Waals surface area (Å²) in [5.74, 6) is 0.687. The van der Waals surface area contributed by atoms with Gasteiger partial charge in [-0.2, -0.15) is 5.10 Å². The third kappa shape index (κ3) is 3.78. The summed E-state index contributed by atoms with van der Waals surface area (Å²) in [6.07, 6.45) is 1.45. The number of amides is 2. The van der Waals surface area contributed by atoms with Gasteiger partial charge in [0, 0.05) is 18.7 Å². The maximum absolute atomic E-state index is 11.3. The molecule has 0 aliphatic carbocycles. The van der Waals surface area contributed by atoms with Crippen LogP contribution < -0.4 is 10.6 Å². The van der Waals surface area contributed by atoms with E-state index in [1.54, 1.807) is 0 Å². The number of aliphatic hydroxyl groups excluding tert-OH is 1. The van der Waals surface area contributed by atoms with Gasteiger partial charge >= 0.3 is 6.03 Å². The minimum absolute atomic E-state index is 0.0750. The lowest BCUT2D eigenvalue weighted by molar-refractivity contribution is 0.234. The first-order valence-corrected chi connectivity index (χ1v) is 5.87. The fourth-order valence-electron chi connectivity index (χ4n) is 1.59. The highest BCUT2D eigenvalue weighted by molar-refractivity contribution is 5.73. The molecule has 0 atom stereocenters. The molecular formula is C12H15N5O2. The predicted molar refractivity (Wildman–Crippen MR) is 69.1 cm³/mol. The minimum atomic E-state index is -0.306. The Balaban J connectivity index is 1.94. The van der Waals surface area contributed by atoms with E-state index in [9.17, 15) is 4.79 Å². The number of H-pyrrole nitrogens is 1. The zero-order chi connectivity index (χ0) is 13.5. The molecule has 0 bridgehead atoms. The van der Waals surface area contributed by atoms with Crippen LogP contribution in [0, 0.1) is 0 Å². The van der Waals surface area contributed by atoms with Crippen molar-refractivity contribution in [2.45, 2.75) is 6.54 Å². The van der Waals surface area contributed by atoms with E-state index in [0.29, 0.717) is 12.4 Å². The van der Waals surface area contributed by atoms with Gasteiger partial charge in [-0.25, -0.2) is 9.78 Å². The molecule has 2 amide bonds. The highest BCUT2D eigenvalue weighted by atomic mass is 16.3. The predicted octanol–water partition coefficient (Wildman–Crippen LogP) is 0.263. The van der Waals surface area contributed by atoms with Crippen molar-refractivity contribution in [3.05, 3.63) is 36.2 Å². The summed E-state index contributed by atoms with van der Waals surface area (Å²) in [5, 5.41) is 20.4. The molecule has 0 radical (unpaired) electrons. The number of hydrogen-bond acceptors (Lipinski definition) is 4. The van der Waals surface area contributed by atoms with E-state index < -0.39 is 0 Å². The highest BCUT2D eigenvalue weighted by Crippen LogP contribution is 2.15. The summed E-state index contributed by atoms with van der Waals surface area (Å²) < 4.78 is 0. The van der Waals surface area contributed by atoms with E-state index in [-0.39, 0.29) is 19.2 Å². The van der Waals surface area contributed by atoms with Gasteiger partial charge < -0.3 is 15.7 Å². The number of benzene rings is 1. The summed E-state index contributed by atoms with van der Waals surface area (Å²) in [7, 11) is 0. The van der Waals surface area contributed by atoms with Crippen molar-refractivity contribution in [2.75, 3.05) is 13.2 Å². The number of aliphatic hydroxyl groups is 1. The Morgan fingerprint density at radius 2 is 2.26 bits per heavy atom. The summed E-state index contributed by atoms with van der Waals surface area (Å²) in [4.78, 5) is 15.4. The minimum Gasteiger partial charge on any atom is -0.395 e. The summed E-state index contributed by atoms with van der Waals surface area (Å²) in [6, 6.07) is 7.33. The van der Waals surface area contributed by atoms with Crippen LogP contribution in [0.1, 0.15) is 5.56 Å². The molecular weight excluding hydrogens is 246 g/mol. The number of hydrogen-bond donors (Lipinski definition) is 4. The molecule has 100 valence electrons. The van der Waals surface area contributed by atoms with Crippen LogP contribution in [-0.4, -0.2) is 39.5 Å². The second kappa shape index (κ2) is 6.50. The van der Waals surface area contributed by atoms with Crippen molar-refractivity contribution < 1.29 is 9.90 Å². The van der Waals surface area contributed by atoms with Crippen molar-refractivity contribution >= 4 is 6.03 Å². The van der Waals surface area contributed by atoms with Gasteiger partial charge in [0.05, 0.1) is 6.61 Å². The van der Waals surface area contributed by atoms with Crippen LogP contribution in [0.2, 0.25) is 0 Å². The van der Waals surface area contributed by atoms with E-state index in [4.69, 9.17) is 5.11 Å². The Labute approximate surface area is 110 Å². The molecule has 4 N–H and O–H groups in total. The number of urea groups is 1. The number of aromatic nitrogens is 3. The Hall–Kier alpha value is -2.41. The molecule has 7 heteroatoms. The molecule has 1 aromatic carbocycles. The van der Waals surface area contributed by atoms with Crippen LogP contribution in [0.4, 0.5) is 4.79 Å². The smallest absolute Gasteiger partial charge is 0.315 e. The SMILES string of the molecule is O=C(NCCO)NCc1cccc(-c2ncn[nH]2)c1. The average molecular weight is 261 g/mol. The molecule has 1 heterocycles. The van der Waals surface area contributed by atoms with Crippen LogP contribution in [-0.2, 0) is 6.54 Å². The topological polar surface area (TPSA) is 103 Å². The summed E-state index contributed by atoms with van der Waals surface area (Å²) in [5.41, 5.74) is 1.86. The molecule has 0 spiro atoms.